The van der Waals surface area contributed by atoms with E-state index in [9.17, 15) is 4.39 Å². The number of benzene rings is 1. The third-order valence-electron chi connectivity index (χ3n) is 4.84. The minimum atomic E-state index is -0.0559. The lowest BCUT2D eigenvalue weighted by molar-refractivity contribution is 0.239. The normalized spacial score (nSPS) is 26.3. The van der Waals surface area contributed by atoms with Crippen LogP contribution < -0.4 is 5.32 Å². The molecule has 2 heteroatoms. The third-order valence-corrected chi connectivity index (χ3v) is 4.84. The lowest BCUT2D eigenvalue weighted by Gasteiger charge is -2.36. The number of aryl methyl sites for hydroxylation is 1. The molecule has 1 aromatic carbocycles. The van der Waals surface area contributed by atoms with Gasteiger partial charge in [0.15, 0.2) is 0 Å². The van der Waals surface area contributed by atoms with Crippen molar-refractivity contribution in [3.63, 3.8) is 0 Å². The van der Waals surface area contributed by atoms with Crippen LogP contribution in [0.3, 0.4) is 0 Å². The van der Waals surface area contributed by atoms with Gasteiger partial charge < -0.3 is 5.32 Å². The molecule has 0 amide bonds. The smallest absolute Gasteiger partial charge is 0.126 e. The summed E-state index contributed by atoms with van der Waals surface area (Å²) in [6.45, 7) is 10.8. The molecule has 3 unspecified atom stereocenters. The standard InChI is InChI=1S/C19H30FN/c1-13(2)11-21-12-17-7-5-14(3)9-18(17)16-8-6-15(4)19(20)10-16/h6,8,10,13-14,17-18,21H,5,7,9,11-12H2,1-4H3. The molecule has 1 N–H and O–H groups in total. The van der Waals surface area contributed by atoms with Crippen LogP contribution in [-0.4, -0.2) is 13.1 Å². The summed E-state index contributed by atoms with van der Waals surface area (Å²) >= 11 is 0. The average molecular weight is 291 g/mol. The van der Waals surface area contributed by atoms with Crippen LogP contribution in [0.1, 0.15) is 57.1 Å². The molecule has 0 aliphatic heterocycles. The molecule has 1 fully saturated rings. The molecule has 0 bridgehead atoms. The van der Waals surface area contributed by atoms with Gasteiger partial charge in [0.25, 0.3) is 0 Å². The molecule has 3 atom stereocenters. The Morgan fingerprint density at radius 3 is 2.71 bits per heavy atom. The van der Waals surface area contributed by atoms with E-state index in [4.69, 9.17) is 0 Å². The van der Waals surface area contributed by atoms with Gasteiger partial charge in [-0.2, -0.15) is 0 Å². The van der Waals surface area contributed by atoms with E-state index in [0.717, 1.165) is 24.6 Å². The summed E-state index contributed by atoms with van der Waals surface area (Å²) < 4.78 is 13.9. The van der Waals surface area contributed by atoms with E-state index in [-0.39, 0.29) is 5.82 Å². The molecule has 1 aromatic rings. The van der Waals surface area contributed by atoms with Crippen molar-refractivity contribution in [2.75, 3.05) is 13.1 Å². The second-order valence-corrected chi connectivity index (χ2v) is 7.35. The molecule has 1 aliphatic rings. The molecule has 0 spiro atoms. The Balaban J connectivity index is 2.08. The number of rotatable bonds is 5. The highest BCUT2D eigenvalue weighted by Crippen LogP contribution is 2.40. The van der Waals surface area contributed by atoms with Crippen LogP contribution >= 0.6 is 0 Å². The maximum atomic E-state index is 13.9. The van der Waals surface area contributed by atoms with Crippen molar-refractivity contribution in [2.45, 2.75) is 52.9 Å². The Morgan fingerprint density at radius 2 is 2.05 bits per heavy atom. The van der Waals surface area contributed by atoms with Gasteiger partial charge in [0.1, 0.15) is 5.82 Å². The highest BCUT2D eigenvalue weighted by molar-refractivity contribution is 5.27. The van der Waals surface area contributed by atoms with Crippen molar-refractivity contribution in [3.05, 3.63) is 35.1 Å². The second-order valence-electron chi connectivity index (χ2n) is 7.35. The Bertz CT molecular complexity index is 455. The van der Waals surface area contributed by atoms with Gasteiger partial charge in [-0.1, -0.05) is 39.3 Å². The first-order chi connectivity index (χ1) is 9.97. The van der Waals surface area contributed by atoms with Gasteiger partial charge in [0.2, 0.25) is 0 Å². The summed E-state index contributed by atoms with van der Waals surface area (Å²) in [5, 5.41) is 3.60. The predicted octanol–water partition coefficient (Wildman–Crippen LogP) is 4.90. The van der Waals surface area contributed by atoms with Gasteiger partial charge >= 0.3 is 0 Å². The van der Waals surface area contributed by atoms with Gasteiger partial charge in [0.05, 0.1) is 0 Å². The molecule has 1 saturated carbocycles. The first kappa shape index (κ1) is 16.5. The number of hydrogen-bond donors (Lipinski definition) is 1. The van der Waals surface area contributed by atoms with Crippen LogP contribution in [0.2, 0.25) is 0 Å². The maximum absolute atomic E-state index is 13.9. The monoisotopic (exact) mass is 291 g/mol. The summed E-state index contributed by atoms with van der Waals surface area (Å²) in [5.41, 5.74) is 1.94. The fraction of sp³-hybridized carbons (Fsp3) is 0.684. The van der Waals surface area contributed by atoms with E-state index in [2.05, 4.69) is 32.2 Å². The molecule has 2 rings (SSSR count). The van der Waals surface area contributed by atoms with Crippen molar-refractivity contribution in [1.29, 1.82) is 0 Å². The van der Waals surface area contributed by atoms with Crippen LogP contribution in [0.4, 0.5) is 4.39 Å². The van der Waals surface area contributed by atoms with Crippen LogP contribution in [0.5, 0.6) is 0 Å². The van der Waals surface area contributed by atoms with E-state index in [0.29, 0.717) is 17.8 Å². The van der Waals surface area contributed by atoms with Gasteiger partial charge in [-0.3, -0.25) is 0 Å². The average Bonchev–Trinajstić information content (AvgIpc) is 2.43. The second kappa shape index (κ2) is 7.40. The first-order valence-electron chi connectivity index (χ1n) is 8.44. The third kappa shape index (κ3) is 4.54. The SMILES string of the molecule is Cc1ccc(C2CC(C)CCC2CNCC(C)C)cc1F. The molecule has 1 nitrogen and oxygen atoms in total. The number of hydrogen-bond acceptors (Lipinski definition) is 1. The molecule has 1 aliphatic carbocycles. The Labute approximate surface area is 129 Å². The lowest BCUT2D eigenvalue weighted by atomic mass is 9.71. The van der Waals surface area contributed by atoms with E-state index < -0.39 is 0 Å². The van der Waals surface area contributed by atoms with Crippen LogP contribution in [0, 0.1) is 30.5 Å². The fourth-order valence-electron chi connectivity index (χ4n) is 3.49. The molecule has 118 valence electrons. The van der Waals surface area contributed by atoms with Crippen LogP contribution in [0.15, 0.2) is 18.2 Å². The highest BCUT2D eigenvalue weighted by atomic mass is 19.1. The van der Waals surface area contributed by atoms with Crippen molar-refractivity contribution in [2.24, 2.45) is 17.8 Å². The fourth-order valence-corrected chi connectivity index (χ4v) is 3.49. The minimum Gasteiger partial charge on any atom is -0.316 e. The van der Waals surface area contributed by atoms with E-state index in [1.165, 1.54) is 24.8 Å². The van der Waals surface area contributed by atoms with Crippen molar-refractivity contribution in [3.8, 4) is 0 Å². The van der Waals surface area contributed by atoms with E-state index in [1.54, 1.807) is 6.07 Å². The minimum absolute atomic E-state index is 0.0559. The Morgan fingerprint density at radius 1 is 1.29 bits per heavy atom. The highest BCUT2D eigenvalue weighted by Gasteiger charge is 2.29. The van der Waals surface area contributed by atoms with Gasteiger partial charge in [-0.15, -0.1) is 0 Å². The van der Waals surface area contributed by atoms with Crippen molar-refractivity contribution >= 4 is 0 Å². The number of nitrogens with one attached hydrogen (secondary N) is 1. The van der Waals surface area contributed by atoms with Crippen molar-refractivity contribution in [1.82, 2.24) is 5.32 Å². The summed E-state index contributed by atoms with van der Waals surface area (Å²) in [4.78, 5) is 0. The number of halogens is 1. The summed E-state index contributed by atoms with van der Waals surface area (Å²) in [6.07, 6.45) is 3.75. The molecular formula is C19H30FN. The predicted molar refractivity (Wildman–Crippen MR) is 88.1 cm³/mol. The van der Waals surface area contributed by atoms with E-state index >= 15 is 0 Å². The topological polar surface area (TPSA) is 12.0 Å². The zero-order valence-electron chi connectivity index (χ0n) is 14.0. The van der Waals surface area contributed by atoms with Gasteiger partial charge in [-0.05, 0) is 73.7 Å². The molecule has 0 heterocycles. The quantitative estimate of drug-likeness (QED) is 0.813. The summed E-state index contributed by atoms with van der Waals surface area (Å²) in [5.74, 6) is 2.52. The van der Waals surface area contributed by atoms with Gasteiger partial charge in [0, 0.05) is 0 Å². The Hall–Kier alpha value is -0.890. The maximum Gasteiger partial charge on any atom is 0.126 e. The van der Waals surface area contributed by atoms with Gasteiger partial charge in [-0.25, -0.2) is 4.39 Å². The molecular weight excluding hydrogens is 261 g/mol. The molecule has 0 aromatic heterocycles. The molecule has 21 heavy (non-hydrogen) atoms. The van der Waals surface area contributed by atoms with Crippen LogP contribution in [0.25, 0.3) is 0 Å². The zero-order chi connectivity index (χ0) is 15.4. The Kier molecular flexibility index (Phi) is 5.80. The van der Waals surface area contributed by atoms with Crippen molar-refractivity contribution < 1.29 is 4.39 Å². The largest absolute Gasteiger partial charge is 0.316 e. The molecule has 0 saturated heterocycles. The summed E-state index contributed by atoms with van der Waals surface area (Å²) in [6, 6.07) is 5.84. The molecule has 0 radical (unpaired) electrons. The van der Waals surface area contributed by atoms with Crippen LogP contribution in [-0.2, 0) is 0 Å². The van der Waals surface area contributed by atoms with E-state index in [1.807, 2.05) is 13.0 Å². The summed E-state index contributed by atoms with van der Waals surface area (Å²) in [7, 11) is 0. The first-order valence-corrected chi connectivity index (χ1v) is 8.44. The zero-order valence-corrected chi connectivity index (χ0v) is 14.0. The lowest BCUT2D eigenvalue weighted by Crippen LogP contribution is -2.33.